The fraction of sp³-hybridized carbons (Fsp3) is 0.600. The van der Waals surface area contributed by atoms with Crippen LogP contribution in [0, 0.1) is 0 Å². The van der Waals surface area contributed by atoms with Gasteiger partial charge in [0.05, 0.1) is 11.6 Å². The van der Waals surface area contributed by atoms with Crippen LogP contribution in [0.4, 0.5) is 0 Å². The summed E-state index contributed by atoms with van der Waals surface area (Å²) in [5.41, 5.74) is 1.18. The summed E-state index contributed by atoms with van der Waals surface area (Å²) in [4.78, 5) is 0. The van der Waals surface area contributed by atoms with Crippen molar-refractivity contribution >= 4 is 11.6 Å². The van der Waals surface area contributed by atoms with E-state index in [1.165, 1.54) is 5.69 Å². The van der Waals surface area contributed by atoms with Crippen molar-refractivity contribution in [2.24, 2.45) is 7.05 Å². The first-order chi connectivity index (χ1) is 6.63. The molecule has 80 valence electrons. The molecular formula is C10H17ClN2O. The maximum absolute atomic E-state index is 5.87. The zero-order valence-corrected chi connectivity index (χ0v) is 9.64. The maximum atomic E-state index is 5.87. The molecule has 1 aromatic rings. The number of rotatable bonds is 5. The van der Waals surface area contributed by atoms with E-state index in [4.69, 9.17) is 16.3 Å². The van der Waals surface area contributed by atoms with E-state index in [1.807, 2.05) is 23.9 Å². The highest BCUT2D eigenvalue weighted by molar-refractivity contribution is 6.30. The highest BCUT2D eigenvalue weighted by Gasteiger charge is 2.04. The summed E-state index contributed by atoms with van der Waals surface area (Å²) in [6.45, 7) is 3.62. The van der Waals surface area contributed by atoms with Crippen LogP contribution in [-0.2, 0) is 18.3 Å². The molecule has 1 heterocycles. The number of aromatic nitrogens is 1. The molecule has 0 bridgehead atoms. The molecule has 0 radical (unpaired) electrons. The predicted octanol–water partition coefficient (Wildman–Crippen LogP) is 1.80. The first kappa shape index (κ1) is 11.6. The van der Waals surface area contributed by atoms with E-state index < -0.39 is 0 Å². The molecule has 0 saturated heterocycles. The lowest BCUT2D eigenvalue weighted by Gasteiger charge is -2.12. The molecule has 0 aromatic carbocycles. The second-order valence-electron chi connectivity index (χ2n) is 3.50. The van der Waals surface area contributed by atoms with Crippen molar-refractivity contribution in [2.75, 3.05) is 13.7 Å². The first-order valence-electron chi connectivity index (χ1n) is 4.66. The number of hydrogen-bond donors (Lipinski definition) is 1. The van der Waals surface area contributed by atoms with Crippen LogP contribution in [0.5, 0.6) is 0 Å². The fourth-order valence-electron chi connectivity index (χ4n) is 1.33. The highest BCUT2D eigenvalue weighted by atomic mass is 35.5. The minimum absolute atomic E-state index is 0.355. The molecule has 1 aromatic heterocycles. The van der Waals surface area contributed by atoms with Crippen molar-refractivity contribution in [3.8, 4) is 0 Å². The van der Waals surface area contributed by atoms with E-state index in [2.05, 4.69) is 12.2 Å². The topological polar surface area (TPSA) is 26.2 Å². The third-order valence-electron chi connectivity index (χ3n) is 2.12. The predicted molar refractivity (Wildman–Crippen MR) is 58.6 cm³/mol. The lowest BCUT2D eigenvalue weighted by Crippen LogP contribution is -2.30. The molecule has 0 amide bonds. The maximum Gasteiger partial charge on any atom is 0.0613 e. The number of hydrogen-bond acceptors (Lipinski definition) is 2. The Balaban J connectivity index is 2.41. The van der Waals surface area contributed by atoms with Crippen LogP contribution in [0.15, 0.2) is 12.3 Å². The third-order valence-corrected chi connectivity index (χ3v) is 2.33. The third kappa shape index (κ3) is 3.33. The Kier molecular flexibility index (Phi) is 4.45. The number of nitrogens with one attached hydrogen (secondary N) is 1. The Morgan fingerprint density at radius 2 is 2.36 bits per heavy atom. The van der Waals surface area contributed by atoms with Crippen LogP contribution in [0.2, 0.25) is 5.02 Å². The molecule has 0 fully saturated rings. The minimum atomic E-state index is 0.355. The Morgan fingerprint density at radius 3 is 2.86 bits per heavy atom. The van der Waals surface area contributed by atoms with Gasteiger partial charge in [0.25, 0.3) is 0 Å². The molecule has 3 nitrogen and oxygen atoms in total. The van der Waals surface area contributed by atoms with Gasteiger partial charge in [-0.2, -0.15) is 0 Å². The fourth-order valence-corrected chi connectivity index (χ4v) is 1.60. The molecule has 0 aliphatic rings. The molecule has 1 rings (SSSR count). The standard InChI is InChI=1S/C10H17ClN2O/c1-8(7-14-3)12-5-10-4-9(11)6-13(10)2/h4,6,8,12H,5,7H2,1-3H3. The number of ether oxygens (including phenoxy) is 1. The van der Waals surface area contributed by atoms with Gasteiger partial charge in [-0.1, -0.05) is 11.6 Å². The highest BCUT2D eigenvalue weighted by Crippen LogP contribution is 2.12. The molecule has 14 heavy (non-hydrogen) atoms. The van der Waals surface area contributed by atoms with E-state index in [0.717, 1.165) is 18.2 Å². The lowest BCUT2D eigenvalue weighted by molar-refractivity contribution is 0.171. The van der Waals surface area contributed by atoms with Crippen molar-refractivity contribution in [3.63, 3.8) is 0 Å². The molecule has 1 unspecified atom stereocenters. The Hall–Kier alpha value is -0.510. The van der Waals surface area contributed by atoms with E-state index in [1.54, 1.807) is 7.11 Å². The van der Waals surface area contributed by atoms with Gasteiger partial charge < -0.3 is 14.6 Å². The second-order valence-corrected chi connectivity index (χ2v) is 3.93. The second kappa shape index (κ2) is 5.39. The van der Waals surface area contributed by atoms with E-state index in [0.29, 0.717) is 6.04 Å². The van der Waals surface area contributed by atoms with Gasteiger partial charge >= 0.3 is 0 Å². The summed E-state index contributed by atoms with van der Waals surface area (Å²) in [6, 6.07) is 2.32. The molecule has 0 aliphatic carbocycles. The van der Waals surface area contributed by atoms with Gasteiger partial charge in [0.2, 0.25) is 0 Å². The summed E-state index contributed by atoms with van der Waals surface area (Å²) in [7, 11) is 3.70. The van der Waals surface area contributed by atoms with E-state index in [-0.39, 0.29) is 0 Å². The summed E-state index contributed by atoms with van der Waals surface area (Å²) >= 11 is 5.87. The smallest absolute Gasteiger partial charge is 0.0613 e. The van der Waals surface area contributed by atoms with Gasteiger partial charge in [0, 0.05) is 38.6 Å². The monoisotopic (exact) mass is 216 g/mol. The molecule has 4 heteroatoms. The Bertz CT molecular complexity index is 286. The number of nitrogens with zero attached hydrogens (tertiary/aromatic N) is 1. The van der Waals surface area contributed by atoms with Gasteiger partial charge in [0.1, 0.15) is 0 Å². The van der Waals surface area contributed by atoms with Crippen molar-refractivity contribution in [1.82, 2.24) is 9.88 Å². The molecular weight excluding hydrogens is 200 g/mol. The van der Waals surface area contributed by atoms with Crippen LogP contribution in [-0.4, -0.2) is 24.3 Å². The zero-order chi connectivity index (χ0) is 10.6. The molecule has 0 aliphatic heterocycles. The Morgan fingerprint density at radius 1 is 1.64 bits per heavy atom. The summed E-state index contributed by atoms with van der Waals surface area (Å²) in [5.74, 6) is 0. The normalized spacial score (nSPS) is 13.1. The van der Waals surface area contributed by atoms with Crippen molar-refractivity contribution < 1.29 is 4.74 Å². The lowest BCUT2D eigenvalue weighted by atomic mass is 10.3. The van der Waals surface area contributed by atoms with Gasteiger partial charge in [-0.15, -0.1) is 0 Å². The van der Waals surface area contributed by atoms with Crippen molar-refractivity contribution in [3.05, 3.63) is 23.0 Å². The average molecular weight is 217 g/mol. The van der Waals surface area contributed by atoms with E-state index >= 15 is 0 Å². The van der Waals surface area contributed by atoms with Crippen LogP contribution in [0.3, 0.4) is 0 Å². The number of methoxy groups -OCH3 is 1. The summed E-state index contributed by atoms with van der Waals surface area (Å²) in [5, 5.41) is 4.13. The first-order valence-corrected chi connectivity index (χ1v) is 5.04. The number of halogens is 1. The molecule has 0 saturated carbocycles. The summed E-state index contributed by atoms with van der Waals surface area (Å²) in [6.07, 6.45) is 1.90. The quantitative estimate of drug-likeness (QED) is 0.813. The number of aryl methyl sites for hydroxylation is 1. The van der Waals surface area contributed by atoms with Crippen LogP contribution in [0.1, 0.15) is 12.6 Å². The SMILES string of the molecule is COCC(C)NCc1cc(Cl)cn1C. The minimum Gasteiger partial charge on any atom is -0.383 e. The van der Waals surface area contributed by atoms with Gasteiger partial charge in [0.15, 0.2) is 0 Å². The average Bonchev–Trinajstić information content (AvgIpc) is 2.42. The molecule has 0 spiro atoms. The van der Waals surface area contributed by atoms with Gasteiger partial charge in [-0.25, -0.2) is 0 Å². The van der Waals surface area contributed by atoms with Crippen molar-refractivity contribution in [1.29, 1.82) is 0 Å². The zero-order valence-electron chi connectivity index (χ0n) is 8.88. The largest absolute Gasteiger partial charge is 0.383 e. The molecule has 1 N–H and O–H groups in total. The Labute approximate surface area is 90.0 Å². The van der Waals surface area contributed by atoms with Crippen LogP contribution >= 0.6 is 11.6 Å². The molecule has 1 atom stereocenters. The summed E-state index contributed by atoms with van der Waals surface area (Å²) < 4.78 is 7.05. The van der Waals surface area contributed by atoms with Gasteiger partial charge in [-0.3, -0.25) is 0 Å². The van der Waals surface area contributed by atoms with E-state index in [9.17, 15) is 0 Å². The van der Waals surface area contributed by atoms with Gasteiger partial charge in [-0.05, 0) is 13.0 Å². The van der Waals surface area contributed by atoms with Crippen LogP contribution < -0.4 is 5.32 Å². The van der Waals surface area contributed by atoms with Crippen molar-refractivity contribution in [2.45, 2.75) is 19.5 Å². The van der Waals surface area contributed by atoms with Crippen LogP contribution in [0.25, 0.3) is 0 Å².